The Bertz CT molecular complexity index is 841. The van der Waals surface area contributed by atoms with Gasteiger partial charge in [0, 0.05) is 25.0 Å². The number of carbonyl (C=O) groups excluding carboxylic acids is 4. The molecule has 1 aliphatic rings. The molecule has 1 aliphatic carbocycles. The van der Waals surface area contributed by atoms with Crippen molar-refractivity contribution < 1.29 is 19.2 Å². The Morgan fingerprint density at radius 2 is 1.08 bits per heavy atom. The van der Waals surface area contributed by atoms with Gasteiger partial charge in [-0.2, -0.15) is 0 Å². The van der Waals surface area contributed by atoms with E-state index >= 15 is 0 Å². The minimum atomic E-state index is -0.365. The molecule has 6 heteroatoms. The van der Waals surface area contributed by atoms with Crippen molar-refractivity contribution in [2.75, 3.05) is 10.6 Å². The van der Waals surface area contributed by atoms with Crippen LogP contribution >= 0.6 is 0 Å². The molecule has 0 fully saturated rings. The maximum absolute atomic E-state index is 12.9. The molecule has 0 saturated heterocycles. The predicted molar refractivity (Wildman–Crippen MR) is 88.4 cm³/mol. The number of hydrogen-bond acceptors (Lipinski definition) is 4. The van der Waals surface area contributed by atoms with Gasteiger partial charge in [0.15, 0.2) is 11.6 Å². The van der Waals surface area contributed by atoms with Crippen LogP contribution in [-0.4, -0.2) is 23.4 Å². The van der Waals surface area contributed by atoms with Crippen molar-refractivity contribution in [2.24, 2.45) is 0 Å². The summed E-state index contributed by atoms with van der Waals surface area (Å²) < 4.78 is 0. The van der Waals surface area contributed by atoms with Gasteiger partial charge in [-0.15, -0.1) is 0 Å². The van der Waals surface area contributed by atoms with Crippen LogP contribution in [0.3, 0.4) is 0 Å². The van der Waals surface area contributed by atoms with Crippen molar-refractivity contribution in [3.05, 3.63) is 58.7 Å². The topological polar surface area (TPSA) is 92.3 Å². The molecular formula is C18H14N2O4. The molecule has 0 aromatic heterocycles. The van der Waals surface area contributed by atoms with E-state index in [4.69, 9.17) is 0 Å². The zero-order valence-electron chi connectivity index (χ0n) is 13.1. The highest BCUT2D eigenvalue weighted by atomic mass is 16.2. The molecule has 2 aromatic carbocycles. The van der Waals surface area contributed by atoms with Crippen molar-refractivity contribution in [1.29, 1.82) is 0 Å². The molecule has 120 valence electrons. The normalized spacial score (nSPS) is 12.2. The van der Waals surface area contributed by atoms with E-state index in [-0.39, 0.29) is 57.0 Å². The highest BCUT2D eigenvalue weighted by Crippen LogP contribution is 2.36. The number of benzene rings is 2. The number of amides is 2. The smallest absolute Gasteiger partial charge is 0.221 e. The molecule has 0 spiro atoms. The quantitative estimate of drug-likeness (QED) is 0.757. The fourth-order valence-corrected chi connectivity index (χ4v) is 2.81. The summed E-state index contributed by atoms with van der Waals surface area (Å²) in [5.41, 5.74) is 1.25. The van der Waals surface area contributed by atoms with Crippen LogP contribution in [0.4, 0.5) is 11.4 Å². The zero-order valence-corrected chi connectivity index (χ0v) is 13.1. The Balaban J connectivity index is 2.30. The van der Waals surface area contributed by atoms with Crippen molar-refractivity contribution in [2.45, 2.75) is 13.8 Å². The van der Waals surface area contributed by atoms with Gasteiger partial charge in [-0.1, -0.05) is 24.3 Å². The van der Waals surface area contributed by atoms with Crippen LogP contribution in [-0.2, 0) is 9.59 Å². The molecule has 0 radical (unpaired) electrons. The molecule has 0 aliphatic heterocycles. The first-order valence-corrected chi connectivity index (χ1v) is 7.30. The standard InChI is InChI=1S/C18H14N2O4/c1-9(21)19-13-7-8-14(20-10(2)22)16-15(13)17(23)11-5-3-4-6-12(11)18(16)24/h3-8H,1-2H3,(H,19,21)(H,20,22). The first kappa shape index (κ1) is 15.6. The summed E-state index contributed by atoms with van der Waals surface area (Å²) in [6.07, 6.45) is 0. The minimum Gasteiger partial charge on any atom is -0.326 e. The number of hydrogen-bond donors (Lipinski definition) is 2. The summed E-state index contributed by atoms with van der Waals surface area (Å²) in [5, 5.41) is 5.14. The third-order valence-corrected chi connectivity index (χ3v) is 3.70. The fraction of sp³-hybridized carbons (Fsp3) is 0.111. The van der Waals surface area contributed by atoms with E-state index < -0.39 is 0 Å². The molecule has 0 atom stereocenters. The predicted octanol–water partition coefficient (Wildman–Crippen LogP) is 2.38. The van der Waals surface area contributed by atoms with Crippen molar-refractivity contribution in [1.82, 2.24) is 0 Å². The number of anilines is 2. The Kier molecular flexibility index (Phi) is 3.73. The van der Waals surface area contributed by atoms with E-state index in [1.165, 1.54) is 26.0 Å². The first-order chi connectivity index (χ1) is 11.4. The van der Waals surface area contributed by atoms with Gasteiger partial charge in [-0.25, -0.2) is 0 Å². The van der Waals surface area contributed by atoms with Crippen LogP contribution in [0.2, 0.25) is 0 Å². The second-order valence-corrected chi connectivity index (χ2v) is 5.48. The molecule has 0 heterocycles. The molecule has 0 saturated carbocycles. The lowest BCUT2D eigenvalue weighted by Crippen LogP contribution is -2.25. The van der Waals surface area contributed by atoms with Crippen LogP contribution < -0.4 is 10.6 Å². The van der Waals surface area contributed by atoms with Gasteiger partial charge in [-0.3, -0.25) is 19.2 Å². The lowest BCUT2D eigenvalue weighted by atomic mass is 9.82. The van der Waals surface area contributed by atoms with Gasteiger partial charge >= 0.3 is 0 Å². The summed E-state index contributed by atoms with van der Waals surface area (Å²) in [6, 6.07) is 9.49. The number of ketones is 2. The molecule has 2 N–H and O–H groups in total. The van der Waals surface area contributed by atoms with Crippen LogP contribution in [0.5, 0.6) is 0 Å². The van der Waals surface area contributed by atoms with Crippen LogP contribution in [0, 0.1) is 0 Å². The van der Waals surface area contributed by atoms with E-state index in [1.807, 2.05) is 0 Å². The van der Waals surface area contributed by atoms with Crippen molar-refractivity contribution in [3.8, 4) is 0 Å². The van der Waals surface area contributed by atoms with Crippen LogP contribution in [0.15, 0.2) is 36.4 Å². The van der Waals surface area contributed by atoms with E-state index in [2.05, 4.69) is 10.6 Å². The summed E-state index contributed by atoms with van der Waals surface area (Å²) in [4.78, 5) is 48.6. The third-order valence-electron chi connectivity index (χ3n) is 3.70. The number of carbonyl (C=O) groups is 4. The maximum Gasteiger partial charge on any atom is 0.221 e. The Morgan fingerprint density at radius 3 is 1.42 bits per heavy atom. The second kappa shape index (κ2) is 5.73. The average molecular weight is 322 g/mol. The Labute approximate surface area is 137 Å². The van der Waals surface area contributed by atoms with Crippen LogP contribution in [0.1, 0.15) is 45.7 Å². The summed E-state index contributed by atoms with van der Waals surface area (Å²) in [6.45, 7) is 2.63. The fourth-order valence-electron chi connectivity index (χ4n) is 2.81. The molecule has 3 rings (SSSR count). The third kappa shape index (κ3) is 2.48. The molecular weight excluding hydrogens is 308 g/mol. The SMILES string of the molecule is CC(=O)Nc1ccc(NC(C)=O)c2c1C(=O)c1ccccc1C2=O. The number of nitrogens with one attached hydrogen (secondary N) is 2. The average Bonchev–Trinajstić information content (AvgIpc) is 2.53. The van der Waals surface area contributed by atoms with Gasteiger partial charge in [-0.05, 0) is 12.1 Å². The van der Waals surface area contributed by atoms with E-state index in [9.17, 15) is 19.2 Å². The van der Waals surface area contributed by atoms with Gasteiger partial charge in [0.1, 0.15) is 0 Å². The van der Waals surface area contributed by atoms with E-state index in [1.54, 1.807) is 24.3 Å². The number of fused-ring (bicyclic) bond motifs is 2. The Morgan fingerprint density at radius 1 is 0.708 bits per heavy atom. The minimum absolute atomic E-state index is 0.0974. The highest BCUT2D eigenvalue weighted by Gasteiger charge is 2.34. The van der Waals surface area contributed by atoms with E-state index in [0.717, 1.165) is 0 Å². The maximum atomic E-state index is 12.9. The highest BCUT2D eigenvalue weighted by molar-refractivity contribution is 6.32. The summed E-state index contributed by atoms with van der Waals surface area (Å²) in [5.74, 6) is -1.44. The lowest BCUT2D eigenvalue weighted by Gasteiger charge is -2.22. The van der Waals surface area contributed by atoms with Crippen LogP contribution in [0.25, 0.3) is 0 Å². The van der Waals surface area contributed by atoms with Crippen molar-refractivity contribution in [3.63, 3.8) is 0 Å². The summed E-state index contributed by atoms with van der Waals surface area (Å²) in [7, 11) is 0. The van der Waals surface area contributed by atoms with Gasteiger partial charge in [0.05, 0.1) is 22.5 Å². The largest absolute Gasteiger partial charge is 0.326 e. The first-order valence-electron chi connectivity index (χ1n) is 7.30. The molecule has 24 heavy (non-hydrogen) atoms. The van der Waals surface area contributed by atoms with Crippen molar-refractivity contribution >= 4 is 34.8 Å². The monoisotopic (exact) mass is 322 g/mol. The van der Waals surface area contributed by atoms with Gasteiger partial charge < -0.3 is 10.6 Å². The molecule has 6 nitrogen and oxygen atoms in total. The molecule has 0 bridgehead atoms. The molecule has 0 unspecified atom stereocenters. The molecule has 2 amide bonds. The summed E-state index contributed by atoms with van der Waals surface area (Å²) >= 11 is 0. The Hall–Kier alpha value is -3.28. The second-order valence-electron chi connectivity index (χ2n) is 5.48. The van der Waals surface area contributed by atoms with Gasteiger partial charge in [0.2, 0.25) is 11.8 Å². The number of rotatable bonds is 2. The lowest BCUT2D eigenvalue weighted by molar-refractivity contribution is -0.115. The zero-order chi connectivity index (χ0) is 17.4. The van der Waals surface area contributed by atoms with Gasteiger partial charge in [0.25, 0.3) is 0 Å². The van der Waals surface area contributed by atoms with E-state index in [0.29, 0.717) is 0 Å². The molecule has 2 aromatic rings.